The van der Waals surface area contributed by atoms with E-state index in [1.54, 1.807) is 12.1 Å². The molecule has 0 saturated heterocycles. The minimum absolute atomic E-state index is 0.0771. The molecule has 0 bridgehead atoms. The summed E-state index contributed by atoms with van der Waals surface area (Å²) in [7, 11) is 0. The van der Waals surface area contributed by atoms with Gasteiger partial charge in [0.15, 0.2) is 6.10 Å². The largest absolute Gasteiger partial charge is 0.449 e. The average molecular weight is 368 g/mol. The van der Waals surface area contributed by atoms with Gasteiger partial charge in [-0.05, 0) is 44.0 Å². The second-order valence-electron chi connectivity index (χ2n) is 6.07. The van der Waals surface area contributed by atoms with Crippen molar-refractivity contribution in [2.24, 2.45) is 0 Å². The van der Waals surface area contributed by atoms with Crippen LogP contribution in [-0.4, -0.2) is 22.9 Å². The third-order valence-electron chi connectivity index (χ3n) is 3.79. The molecule has 1 amide bonds. The fourth-order valence-electron chi connectivity index (χ4n) is 2.36. The summed E-state index contributed by atoms with van der Waals surface area (Å²) >= 11 is 0. The van der Waals surface area contributed by atoms with E-state index in [1.165, 1.54) is 31.2 Å². The lowest BCUT2D eigenvalue weighted by Crippen LogP contribution is -2.29. The summed E-state index contributed by atoms with van der Waals surface area (Å²) in [5.74, 6) is -1.16. The summed E-state index contributed by atoms with van der Waals surface area (Å²) in [6.45, 7) is 5.30. The Morgan fingerprint density at radius 1 is 1.19 bits per heavy atom. The Labute approximate surface area is 156 Å². The first-order valence-corrected chi connectivity index (χ1v) is 8.27. The highest BCUT2D eigenvalue weighted by Crippen LogP contribution is 2.17. The van der Waals surface area contributed by atoms with Crippen LogP contribution in [0.4, 0.5) is 11.4 Å². The number of rotatable bonds is 6. The number of benzene rings is 2. The molecular weight excluding hydrogens is 348 g/mol. The number of hydrogen-bond acceptors (Lipinski definition) is 5. The molecule has 1 atom stereocenters. The first kappa shape index (κ1) is 19.8. The number of carbonyl (C=O) groups is 2. The van der Waals surface area contributed by atoms with Crippen molar-refractivity contribution in [2.45, 2.75) is 26.9 Å². The van der Waals surface area contributed by atoms with Gasteiger partial charge >= 0.3 is 5.97 Å². The zero-order valence-corrected chi connectivity index (χ0v) is 15.3. The average Bonchev–Trinajstić information content (AvgIpc) is 2.62. The van der Waals surface area contributed by atoms with Gasteiger partial charge in [-0.25, -0.2) is 4.79 Å². The van der Waals surface area contributed by atoms with Crippen LogP contribution in [0.2, 0.25) is 0 Å². The van der Waals surface area contributed by atoms with Crippen molar-refractivity contribution in [3.05, 3.63) is 75.3 Å². The Bertz CT molecular complexity index is 905. The first-order valence-electron chi connectivity index (χ1n) is 8.27. The van der Waals surface area contributed by atoms with E-state index in [9.17, 15) is 19.7 Å². The maximum atomic E-state index is 12.2. The van der Waals surface area contributed by atoms with E-state index in [-0.39, 0.29) is 5.69 Å². The molecule has 0 fully saturated rings. The van der Waals surface area contributed by atoms with Gasteiger partial charge in [-0.15, -0.1) is 0 Å². The van der Waals surface area contributed by atoms with Gasteiger partial charge in [0.05, 0.1) is 4.92 Å². The molecule has 0 radical (unpaired) electrons. The number of aryl methyl sites for hydroxylation is 2. The zero-order chi connectivity index (χ0) is 20.0. The van der Waals surface area contributed by atoms with Gasteiger partial charge in [-0.3, -0.25) is 14.9 Å². The van der Waals surface area contributed by atoms with Crippen molar-refractivity contribution < 1.29 is 19.2 Å². The van der Waals surface area contributed by atoms with Gasteiger partial charge in [0.25, 0.3) is 11.6 Å². The second kappa shape index (κ2) is 8.75. The van der Waals surface area contributed by atoms with Gasteiger partial charge in [-0.2, -0.15) is 0 Å². The summed E-state index contributed by atoms with van der Waals surface area (Å²) < 4.78 is 5.08. The Morgan fingerprint density at radius 3 is 2.59 bits per heavy atom. The third-order valence-corrected chi connectivity index (χ3v) is 3.79. The number of nitro groups is 1. The van der Waals surface area contributed by atoms with E-state index in [0.29, 0.717) is 11.3 Å². The smallest absolute Gasteiger partial charge is 0.331 e. The molecule has 0 aromatic heterocycles. The zero-order valence-electron chi connectivity index (χ0n) is 15.3. The van der Waals surface area contributed by atoms with Crippen LogP contribution in [0.25, 0.3) is 6.08 Å². The summed E-state index contributed by atoms with van der Waals surface area (Å²) in [5, 5.41) is 13.5. The molecule has 7 nitrogen and oxygen atoms in total. The Kier molecular flexibility index (Phi) is 6.43. The molecule has 140 valence electrons. The van der Waals surface area contributed by atoms with Crippen LogP contribution < -0.4 is 5.32 Å². The summed E-state index contributed by atoms with van der Waals surface area (Å²) in [5.41, 5.74) is 3.05. The van der Waals surface area contributed by atoms with Crippen molar-refractivity contribution in [2.75, 3.05) is 5.32 Å². The molecule has 0 aliphatic heterocycles. The molecule has 2 rings (SSSR count). The lowest BCUT2D eigenvalue weighted by Gasteiger charge is -2.14. The molecule has 7 heteroatoms. The van der Waals surface area contributed by atoms with Crippen molar-refractivity contribution in [3.63, 3.8) is 0 Å². The van der Waals surface area contributed by atoms with Crippen LogP contribution in [0, 0.1) is 24.0 Å². The standard InChI is InChI=1S/C20H20N2O5/c1-13-7-9-18(14(2)11-13)21-20(24)15(3)27-19(23)10-8-16-5-4-6-17(12-16)22(25)26/h4-12,15H,1-3H3,(H,21,24)/b10-8+. The van der Waals surface area contributed by atoms with Crippen LogP contribution in [0.15, 0.2) is 48.5 Å². The number of amides is 1. The van der Waals surface area contributed by atoms with Gasteiger partial charge in [0, 0.05) is 23.9 Å². The van der Waals surface area contributed by atoms with Gasteiger partial charge in [-0.1, -0.05) is 29.8 Å². The molecule has 0 saturated carbocycles. The molecular formula is C20H20N2O5. The van der Waals surface area contributed by atoms with E-state index >= 15 is 0 Å². The number of nitro benzene ring substituents is 1. The van der Waals surface area contributed by atoms with E-state index in [4.69, 9.17) is 4.74 Å². The molecule has 1 unspecified atom stereocenters. The number of anilines is 1. The van der Waals surface area contributed by atoms with Crippen molar-refractivity contribution >= 4 is 29.3 Å². The monoisotopic (exact) mass is 368 g/mol. The second-order valence-corrected chi connectivity index (χ2v) is 6.07. The molecule has 2 aromatic carbocycles. The number of non-ortho nitro benzene ring substituents is 1. The SMILES string of the molecule is Cc1ccc(NC(=O)C(C)OC(=O)/C=C/c2cccc([N+](=O)[O-])c2)c(C)c1. The maximum absolute atomic E-state index is 12.2. The molecule has 0 aliphatic carbocycles. The number of carbonyl (C=O) groups excluding carboxylic acids is 2. The highest BCUT2D eigenvalue weighted by atomic mass is 16.6. The van der Waals surface area contributed by atoms with Crippen molar-refractivity contribution in [1.82, 2.24) is 0 Å². The lowest BCUT2D eigenvalue weighted by atomic mass is 10.1. The minimum Gasteiger partial charge on any atom is -0.449 e. The quantitative estimate of drug-likeness (QED) is 0.362. The summed E-state index contributed by atoms with van der Waals surface area (Å²) in [4.78, 5) is 34.3. The number of ether oxygens (including phenoxy) is 1. The van der Waals surface area contributed by atoms with E-state index in [0.717, 1.165) is 17.2 Å². The third kappa shape index (κ3) is 5.78. The molecule has 0 spiro atoms. The summed E-state index contributed by atoms with van der Waals surface area (Å²) in [6.07, 6.45) is 1.53. The Morgan fingerprint density at radius 2 is 1.93 bits per heavy atom. The van der Waals surface area contributed by atoms with Crippen LogP contribution in [0.1, 0.15) is 23.6 Å². The van der Waals surface area contributed by atoms with E-state index in [2.05, 4.69) is 5.32 Å². The highest BCUT2D eigenvalue weighted by Gasteiger charge is 2.17. The number of nitrogens with one attached hydrogen (secondary N) is 1. The van der Waals surface area contributed by atoms with Gasteiger partial charge < -0.3 is 10.1 Å². The van der Waals surface area contributed by atoms with Crippen LogP contribution >= 0.6 is 0 Å². The van der Waals surface area contributed by atoms with Crippen LogP contribution in [0.3, 0.4) is 0 Å². The van der Waals surface area contributed by atoms with Crippen LogP contribution in [-0.2, 0) is 14.3 Å². The lowest BCUT2D eigenvalue weighted by molar-refractivity contribution is -0.384. The number of nitrogens with zero attached hydrogens (tertiary/aromatic N) is 1. The Hall–Kier alpha value is -3.48. The molecule has 2 aromatic rings. The fourth-order valence-corrected chi connectivity index (χ4v) is 2.36. The topological polar surface area (TPSA) is 98.5 Å². The van der Waals surface area contributed by atoms with Crippen LogP contribution in [0.5, 0.6) is 0 Å². The number of hydrogen-bond donors (Lipinski definition) is 1. The predicted molar refractivity (Wildman–Crippen MR) is 102 cm³/mol. The number of esters is 1. The highest BCUT2D eigenvalue weighted by molar-refractivity contribution is 5.97. The summed E-state index contributed by atoms with van der Waals surface area (Å²) in [6, 6.07) is 11.4. The fraction of sp³-hybridized carbons (Fsp3) is 0.200. The van der Waals surface area contributed by atoms with Crippen molar-refractivity contribution in [3.8, 4) is 0 Å². The predicted octanol–water partition coefficient (Wildman–Crippen LogP) is 3.80. The molecule has 0 aliphatic rings. The maximum Gasteiger partial charge on any atom is 0.331 e. The molecule has 1 N–H and O–H groups in total. The van der Waals surface area contributed by atoms with Gasteiger partial charge in [0.1, 0.15) is 0 Å². The van der Waals surface area contributed by atoms with E-state index in [1.807, 2.05) is 26.0 Å². The van der Waals surface area contributed by atoms with Gasteiger partial charge in [0.2, 0.25) is 0 Å². The molecule has 0 heterocycles. The first-order chi connectivity index (χ1) is 12.8. The normalized spacial score (nSPS) is 11.8. The Balaban J connectivity index is 1.95. The molecule has 27 heavy (non-hydrogen) atoms. The minimum atomic E-state index is -0.993. The van der Waals surface area contributed by atoms with E-state index < -0.39 is 22.9 Å². The van der Waals surface area contributed by atoms with Crippen molar-refractivity contribution in [1.29, 1.82) is 0 Å².